The summed E-state index contributed by atoms with van der Waals surface area (Å²) in [6.45, 7) is 7.43. The van der Waals surface area contributed by atoms with E-state index in [1.165, 1.54) is 12.5 Å². The molecule has 8 atom stereocenters. The molecule has 4 aliphatic heterocycles. The van der Waals surface area contributed by atoms with Gasteiger partial charge >= 0.3 is 0 Å². The van der Waals surface area contributed by atoms with Gasteiger partial charge in [0.15, 0.2) is 6.35 Å². The van der Waals surface area contributed by atoms with E-state index in [2.05, 4.69) is 52.3 Å². The molecule has 1 saturated carbocycles. The van der Waals surface area contributed by atoms with Crippen LogP contribution in [0.25, 0.3) is 0 Å². The van der Waals surface area contributed by atoms with Crippen molar-refractivity contribution < 1.29 is 19.0 Å². The summed E-state index contributed by atoms with van der Waals surface area (Å²) in [5.74, 6) is 1.16. The molecule has 0 aromatic heterocycles. The van der Waals surface area contributed by atoms with Crippen LogP contribution in [0.3, 0.4) is 0 Å². The van der Waals surface area contributed by atoms with E-state index in [1.807, 2.05) is 17.0 Å². The number of carbonyl (C=O) groups excluding carboxylic acids is 1. The van der Waals surface area contributed by atoms with Crippen molar-refractivity contribution in [2.24, 2.45) is 5.92 Å². The van der Waals surface area contributed by atoms with Crippen LogP contribution < -0.4 is 15.4 Å². The number of nitriles is 1. The second kappa shape index (κ2) is 12.6. The van der Waals surface area contributed by atoms with Crippen molar-refractivity contribution >= 4 is 5.91 Å². The summed E-state index contributed by atoms with van der Waals surface area (Å²) in [5.41, 5.74) is 0.820. The van der Waals surface area contributed by atoms with Gasteiger partial charge in [-0.05, 0) is 51.4 Å². The Balaban J connectivity index is 1.22. The van der Waals surface area contributed by atoms with Gasteiger partial charge in [-0.15, -0.1) is 0 Å². The van der Waals surface area contributed by atoms with Gasteiger partial charge in [0, 0.05) is 63.2 Å². The molecule has 4 fully saturated rings. The van der Waals surface area contributed by atoms with Crippen LogP contribution in [0.4, 0.5) is 0 Å². The Bertz CT molecular complexity index is 1180. The van der Waals surface area contributed by atoms with Crippen molar-refractivity contribution in [2.75, 3.05) is 46.9 Å². The number of piperazine rings is 1. The van der Waals surface area contributed by atoms with Crippen LogP contribution in [0.5, 0.6) is 5.75 Å². The zero-order valence-electron chi connectivity index (χ0n) is 25.0. The summed E-state index contributed by atoms with van der Waals surface area (Å²) in [7, 11) is 3.97. The number of likely N-dealkylation sites (tertiary alicyclic amines) is 1. The van der Waals surface area contributed by atoms with E-state index in [4.69, 9.17) is 14.2 Å². The van der Waals surface area contributed by atoms with E-state index >= 15 is 0 Å². The number of nitrogens with one attached hydrogen (secondary N) is 2. The van der Waals surface area contributed by atoms with E-state index < -0.39 is 0 Å². The van der Waals surface area contributed by atoms with Crippen LogP contribution in [0.1, 0.15) is 56.6 Å². The van der Waals surface area contributed by atoms with Gasteiger partial charge in [0.05, 0.1) is 37.4 Å². The first-order valence-electron chi connectivity index (χ1n) is 15.6. The van der Waals surface area contributed by atoms with Crippen LogP contribution in [0, 0.1) is 17.2 Å². The minimum atomic E-state index is -0.306. The molecule has 1 aromatic rings. The molecule has 3 saturated heterocycles. The average Bonchev–Trinajstić information content (AvgIpc) is 3.43. The summed E-state index contributed by atoms with van der Waals surface area (Å²) >= 11 is 0. The lowest BCUT2D eigenvalue weighted by Crippen LogP contribution is -2.73. The van der Waals surface area contributed by atoms with Crippen molar-refractivity contribution in [1.82, 2.24) is 25.3 Å². The van der Waals surface area contributed by atoms with Gasteiger partial charge in [-0.2, -0.15) is 5.26 Å². The number of para-hydroxylation sites is 1. The summed E-state index contributed by atoms with van der Waals surface area (Å²) in [6.07, 6.45) is 7.43. The predicted molar refractivity (Wildman–Crippen MR) is 158 cm³/mol. The molecule has 0 bridgehead atoms. The highest BCUT2D eigenvalue weighted by molar-refractivity contribution is 5.87. The van der Waals surface area contributed by atoms with Crippen LogP contribution in [-0.4, -0.2) is 104 Å². The minimum absolute atomic E-state index is 0.0103. The van der Waals surface area contributed by atoms with Gasteiger partial charge in [0.2, 0.25) is 5.91 Å². The number of ether oxygens (including phenoxy) is 3. The van der Waals surface area contributed by atoms with Crippen molar-refractivity contribution in [2.45, 2.75) is 87.3 Å². The fourth-order valence-corrected chi connectivity index (χ4v) is 8.11. The smallest absolute Gasteiger partial charge is 0.246 e. The van der Waals surface area contributed by atoms with Gasteiger partial charge in [-0.25, -0.2) is 0 Å². The number of benzene rings is 1. The summed E-state index contributed by atoms with van der Waals surface area (Å²) < 4.78 is 19.4. The van der Waals surface area contributed by atoms with E-state index in [-0.39, 0.29) is 42.2 Å². The molecule has 2 N–H and O–H groups in total. The molecule has 1 aliphatic carbocycles. The molecular formula is C32H46N6O4. The quantitative estimate of drug-likeness (QED) is 0.473. The number of methoxy groups -OCH3 is 1. The number of nitrogens with zero attached hydrogens (tertiary/aromatic N) is 4. The van der Waals surface area contributed by atoms with Crippen LogP contribution >= 0.6 is 0 Å². The molecule has 42 heavy (non-hydrogen) atoms. The van der Waals surface area contributed by atoms with E-state index in [0.717, 1.165) is 56.5 Å². The van der Waals surface area contributed by atoms with Gasteiger partial charge < -0.3 is 24.0 Å². The first-order valence-corrected chi connectivity index (χ1v) is 15.6. The first kappa shape index (κ1) is 29.5. The Hall–Kier alpha value is -2.52. The fraction of sp³-hybridized carbons (Fsp3) is 0.688. The van der Waals surface area contributed by atoms with Crippen molar-refractivity contribution in [3.05, 3.63) is 42.5 Å². The number of fused-ring (bicyclic) bond motifs is 2. The van der Waals surface area contributed by atoms with Crippen molar-refractivity contribution in [3.63, 3.8) is 0 Å². The van der Waals surface area contributed by atoms with E-state index in [0.29, 0.717) is 38.1 Å². The molecule has 1 amide bonds. The number of rotatable bonds is 7. The molecule has 4 heterocycles. The van der Waals surface area contributed by atoms with Gasteiger partial charge in [0.1, 0.15) is 11.4 Å². The normalized spacial score (nSPS) is 37.0. The second-order valence-corrected chi connectivity index (χ2v) is 12.8. The predicted octanol–water partition coefficient (Wildman–Crippen LogP) is 2.59. The maximum atomic E-state index is 12.6. The molecule has 7 unspecified atom stereocenters. The third-order valence-electron chi connectivity index (χ3n) is 10.4. The Morgan fingerprint density at radius 3 is 2.83 bits per heavy atom. The number of likely N-dealkylation sites (N-methyl/N-ethyl adjacent to an activating group) is 1. The number of hydrogen-bond donors (Lipinski definition) is 2. The lowest BCUT2D eigenvalue weighted by molar-refractivity contribution is -0.142. The van der Waals surface area contributed by atoms with Gasteiger partial charge in [-0.3, -0.25) is 20.3 Å². The zero-order valence-corrected chi connectivity index (χ0v) is 25.0. The van der Waals surface area contributed by atoms with Crippen molar-refractivity contribution in [3.8, 4) is 11.8 Å². The Morgan fingerprint density at radius 1 is 1.21 bits per heavy atom. The zero-order chi connectivity index (χ0) is 29.3. The van der Waals surface area contributed by atoms with Gasteiger partial charge in [0.25, 0.3) is 0 Å². The van der Waals surface area contributed by atoms with Gasteiger partial charge in [-0.1, -0.05) is 24.8 Å². The molecule has 10 nitrogen and oxygen atoms in total. The average molecular weight is 579 g/mol. The van der Waals surface area contributed by atoms with Crippen molar-refractivity contribution in [1.29, 1.82) is 5.26 Å². The summed E-state index contributed by atoms with van der Waals surface area (Å²) in [6, 6.07) is 11.0. The van der Waals surface area contributed by atoms with Crippen LogP contribution in [0.2, 0.25) is 0 Å². The topological polar surface area (TPSA) is 102 Å². The van der Waals surface area contributed by atoms with Crippen LogP contribution in [-0.2, 0) is 14.3 Å². The molecule has 5 aliphatic rings. The third kappa shape index (κ3) is 5.83. The van der Waals surface area contributed by atoms with Crippen LogP contribution in [0.15, 0.2) is 36.9 Å². The Morgan fingerprint density at radius 2 is 2.07 bits per heavy atom. The number of carbonyl (C=O) groups is 1. The minimum Gasteiger partial charge on any atom is -0.487 e. The van der Waals surface area contributed by atoms with E-state index in [1.54, 1.807) is 7.11 Å². The SMILES string of the molecule is C=CC(=O)N1CCN(C2NC(OCC3CCCN3C)NC3C[C@]4(CCC32)CC(OC)c2ccccc2O4)CC1CC#N. The fourth-order valence-electron chi connectivity index (χ4n) is 8.11. The summed E-state index contributed by atoms with van der Waals surface area (Å²) in [5, 5.41) is 17.2. The standard InChI is InChI=1S/C32H46N6O4/c1-4-29(39)38-17-16-37(20-22(38)12-14-33)30-24-11-13-32(19-28(40-3)25-9-5-6-10-27(25)42-32)18-26(24)34-31(35-30)41-21-23-8-7-15-36(23)2/h4-6,9-10,22-24,26,28,30-31,34-35H,1,7-8,11-13,15-21H2,2-3H3/t22?,23?,24?,26?,28?,30?,31?,32-/m1/s1. The summed E-state index contributed by atoms with van der Waals surface area (Å²) in [4.78, 5) is 19.2. The highest BCUT2D eigenvalue weighted by atomic mass is 16.5. The molecule has 1 aromatic carbocycles. The Labute approximate surface area is 249 Å². The molecule has 228 valence electrons. The largest absolute Gasteiger partial charge is 0.487 e. The lowest BCUT2D eigenvalue weighted by atomic mass is 9.69. The molecule has 1 spiro atoms. The molecule has 0 radical (unpaired) electrons. The van der Waals surface area contributed by atoms with E-state index in [9.17, 15) is 10.1 Å². The molecule has 6 rings (SSSR count). The molecule has 10 heteroatoms. The maximum absolute atomic E-state index is 12.6. The maximum Gasteiger partial charge on any atom is 0.246 e. The number of hydrogen-bond acceptors (Lipinski definition) is 9. The molecular weight excluding hydrogens is 532 g/mol. The second-order valence-electron chi connectivity index (χ2n) is 12.8. The highest BCUT2D eigenvalue weighted by Gasteiger charge is 2.52. The highest BCUT2D eigenvalue weighted by Crippen LogP contribution is 2.49. The lowest BCUT2D eigenvalue weighted by Gasteiger charge is -2.56. The third-order valence-corrected chi connectivity index (χ3v) is 10.4. The monoisotopic (exact) mass is 578 g/mol. The number of amides is 1. The Kier molecular flexibility index (Phi) is 8.87. The first-order chi connectivity index (χ1) is 20.4.